The van der Waals surface area contributed by atoms with Crippen molar-refractivity contribution in [3.63, 3.8) is 0 Å². The molecular formula is C15H26N2. The number of allylic oxidation sites excluding steroid dienone is 4. The largest absolute Gasteiger partial charge is 0.369 e. The summed E-state index contributed by atoms with van der Waals surface area (Å²) in [5.74, 6) is 0. The quantitative estimate of drug-likeness (QED) is 0.690. The molecule has 0 aromatic rings. The summed E-state index contributed by atoms with van der Waals surface area (Å²) in [6.45, 7) is 18.3. The van der Waals surface area contributed by atoms with Gasteiger partial charge in [0.05, 0.1) is 0 Å². The maximum atomic E-state index is 3.92. The number of hydrogen-bond donors (Lipinski definition) is 0. The summed E-state index contributed by atoms with van der Waals surface area (Å²) >= 11 is 0. The van der Waals surface area contributed by atoms with Crippen LogP contribution in [0.2, 0.25) is 0 Å². The van der Waals surface area contributed by atoms with Crippen LogP contribution in [0.5, 0.6) is 0 Å². The van der Waals surface area contributed by atoms with Gasteiger partial charge in [-0.15, -0.1) is 0 Å². The van der Waals surface area contributed by atoms with Crippen molar-refractivity contribution in [2.24, 2.45) is 0 Å². The lowest BCUT2D eigenvalue weighted by atomic mass is 10.1. The normalized spacial score (nSPS) is 17.5. The zero-order valence-electron chi connectivity index (χ0n) is 11.8. The fraction of sp³-hybridized carbons (Fsp3) is 0.600. The molecule has 2 heteroatoms. The second-order valence-electron chi connectivity index (χ2n) is 4.99. The zero-order valence-corrected chi connectivity index (χ0v) is 11.8. The van der Waals surface area contributed by atoms with E-state index >= 15 is 0 Å². The molecule has 0 unspecified atom stereocenters. The van der Waals surface area contributed by atoms with Gasteiger partial charge in [-0.2, -0.15) is 0 Å². The zero-order chi connectivity index (χ0) is 12.8. The first kappa shape index (κ1) is 14.0. The Kier molecular flexibility index (Phi) is 5.49. The van der Waals surface area contributed by atoms with Crippen molar-refractivity contribution in [3.05, 3.63) is 35.6 Å². The first-order valence-corrected chi connectivity index (χ1v) is 6.53. The minimum absolute atomic E-state index is 1.11. The van der Waals surface area contributed by atoms with Gasteiger partial charge in [0.15, 0.2) is 0 Å². The van der Waals surface area contributed by atoms with Crippen LogP contribution in [0.25, 0.3) is 0 Å². The van der Waals surface area contributed by atoms with E-state index in [-0.39, 0.29) is 0 Å². The highest BCUT2D eigenvalue weighted by molar-refractivity contribution is 5.27. The van der Waals surface area contributed by atoms with Crippen LogP contribution in [-0.4, -0.2) is 42.5 Å². The van der Waals surface area contributed by atoms with Gasteiger partial charge < -0.3 is 9.80 Å². The average molecular weight is 234 g/mol. The first-order valence-electron chi connectivity index (χ1n) is 6.53. The van der Waals surface area contributed by atoms with Crippen LogP contribution in [0.15, 0.2) is 35.6 Å². The van der Waals surface area contributed by atoms with E-state index in [2.05, 4.69) is 49.3 Å². The van der Waals surface area contributed by atoms with E-state index in [0.717, 1.165) is 18.7 Å². The average Bonchev–Trinajstić information content (AvgIpc) is 2.29. The fourth-order valence-corrected chi connectivity index (χ4v) is 2.11. The predicted molar refractivity (Wildman–Crippen MR) is 76.0 cm³/mol. The molecule has 0 amide bonds. The lowest BCUT2D eigenvalue weighted by Gasteiger charge is -2.36. The summed E-state index contributed by atoms with van der Waals surface area (Å²) in [6.07, 6.45) is 4.31. The third-order valence-electron chi connectivity index (χ3n) is 3.20. The highest BCUT2D eigenvalue weighted by Crippen LogP contribution is 2.15. The van der Waals surface area contributed by atoms with Gasteiger partial charge in [-0.3, -0.25) is 0 Å². The molecule has 0 bridgehead atoms. The summed E-state index contributed by atoms with van der Waals surface area (Å²) in [7, 11) is 0. The van der Waals surface area contributed by atoms with Crippen LogP contribution >= 0.6 is 0 Å². The third kappa shape index (κ3) is 4.39. The Morgan fingerprint density at radius 2 is 1.65 bits per heavy atom. The van der Waals surface area contributed by atoms with Crippen LogP contribution in [0, 0.1) is 0 Å². The van der Waals surface area contributed by atoms with E-state index in [0.29, 0.717) is 0 Å². The van der Waals surface area contributed by atoms with Crippen molar-refractivity contribution in [3.8, 4) is 0 Å². The van der Waals surface area contributed by atoms with E-state index in [4.69, 9.17) is 0 Å². The molecule has 1 aliphatic heterocycles. The van der Waals surface area contributed by atoms with Crippen molar-refractivity contribution in [2.75, 3.05) is 32.7 Å². The molecule has 1 saturated heterocycles. The molecule has 96 valence electrons. The van der Waals surface area contributed by atoms with E-state index in [9.17, 15) is 0 Å². The maximum Gasteiger partial charge on any atom is 0.0353 e. The molecule has 0 N–H and O–H groups in total. The SMILES string of the molecule is C=C(C)/C=C\C(=C(C)C)N1CCN(CC)CC1. The minimum Gasteiger partial charge on any atom is -0.369 e. The number of hydrogen-bond acceptors (Lipinski definition) is 2. The van der Waals surface area contributed by atoms with Crippen molar-refractivity contribution < 1.29 is 0 Å². The topological polar surface area (TPSA) is 6.48 Å². The van der Waals surface area contributed by atoms with E-state index in [1.54, 1.807) is 0 Å². The Morgan fingerprint density at radius 1 is 1.06 bits per heavy atom. The number of piperazine rings is 1. The summed E-state index contributed by atoms with van der Waals surface area (Å²) in [5, 5.41) is 0. The molecule has 1 aliphatic rings. The molecule has 2 nitrogen and oxygen atoms in total. The van der Waals surface area contributed by atoms with Crippen molar-refractivity contribution >= 4 is 0 Å². The Hall–Kier alpha value is -1.02. The van der Waals surface area contributed by atoms with Crippen LogP contribution in [0.3, 0.4) is 0 Å². The Bertz CT molecular complexity index is 314. The van der Waals surface area contributed by atoms with Gasteiger partial charge in [-0.25, -0.2) is 0 Å². The molecular weight excluding hydrogens is 208 g/mol. The summed E-state index contributed by atoms with van der Waals surface area (Å²) in [6, 6.07) is 0. The monoisotopic (exact) mass is 234 g/mol. The number of rotatable bonds is 4. The Morgan fingerprint density at radius 3 is 2.06 bits per heavy atom. The Labute approximate surface area is 106 Å². The predicted octanol–water partition coefficient (Wildman–Crippen LogP) is 3.05. The molecule has 17 heavy (non-hydrogen) atoms. The van der Waals surface area contributed by atoms with Crippen molar-refractivity contribution in [1.82, 2.24) is 9.80 Å². The van der Waals surface area contributed by atoms with E-state index in [1.807, 2.05) is 6.92 Å². The molecule has 1 fully saturated rings. The molecule has 0 atom stereocenters. The fourth-order valence-electron chi connectivity index (χ4n) is 2.11. The van der Waals surface area contributed by atoms with Gasteiger partial charge in [-0.05, 0) is 33.4 Å². The smallest absolute Gasteiger partial charge is 0.0353 e. The van der Waals surface area contributed by atoms with Gasteiger partial charge in [0.1, 0.15) is 0 Å². The van der Waals surface area contributed by atoms with Gasteiger partial charge in [0.25, 0.3) is 0 Å². The second-order valence-corrected chi connectivity index (χ2v) is 4.99. The van der Waals surface area contributed by atoms with E-state index in [1.165, 1.54) is 30.9 Å². The summed E-state index contributed by atoms with van der Waals surface area (Å²) in [5.41, 5.74) is 3.85. The summed E-state index contributed by atoms with van der Waals surface area (Å²) in [4.78, 5) is 4.99. The molecule has 0 aromatic carbocycles. The van der Waals surface area contributed by atoms with Crippen LogP contribution in [0.4, 0.5) is 0 Å². The molecule has 0 radical (unpaired) electrons. The number of nitrogens with zero attached hydrogens (tertiary/aromatic N) is 2. The highest BCUT2D eigenvalue weighted by atomic mass is 15.3. The van der Waals surface area contributed by atoms with Gasteiger partial charge in [-0.1, -0.05) is 30.7 Å². The highest BCUT2D eigenvalue weighted by Gasteiger charge is 2.16. The third-order valence-corrected chi connectivity index (χ3v) is 3.20. The van der Waals surface area contributed by atoms with Crippen LogP contribution < -0.4 is 0 Å². The molecule has 1 rings (SSSR count). The van der Waals surface area contributed by atoms with Gasteiger partial charge in [0.2, 0.25) is 0 Å². The molecule has 1 heterocycles. The second kappa shape index (κ2) is 6.65. The molecule has 0 spiro atoms. The van der Waals surface area contributed by atoms with E-state index < -0.39 is 0 Å². The van der Waals surface area contributed by atoms with Crippen molar-refractivity contribution in [1.29, 1.82) is 0 Å². The van der Waals surface area contributed by atoms with Crippen LogP contribution in [-0.2, 0) is 0 Å². The summed E-state index contributed by atoms with van der Waals surface area (Å²) < 4.78 is 0. The molecule has 0 aromatic heterocycles. The maximum absolute atomic E-state index is 3.92. The lowest BCUT2D eigenvalue weighted by Crippen LogP contribution is -2.45. The Balaban J connectivity index is 2.68. The van der Waals surface area contributed by atoms with Gasteiger partial charge >= 0.3 is 0 Å². The molecule has 0 saturated carbocycles. The standard InChI is InChI=1S/C15H26N2/c1-6-16-9-11-17(12-10-16)15(14(4)5)8-7-13(2)3/h7-8H,2,6,9-12H2,1,3-5H3/b8-7-. The van der Waals surface area contributed by atoms with Crippen LogP contribution in [0.1, 0.15) is 27.7 Å². The number of likely N-dealkylation sites (N-methyl/N-ethyl adjacent to an activating group) is 1. The first-order chi connectivity index (χ1) is 8.04. The molecule has 0 aliphatic carbocycles. The lowest BCUT2D eigenvalue weighted by molar-refractivity contribution is 0.167. The van der Waals surface area contributed by atoms with Crippen molar-refractivity contribution in [2.45, 2.75) is 27.7 Å². The van der Waals surface area contributed by atoms with Gasteiger partial charge in [0, 0.05) is 31.9 Å². The minimum atomic E-state index is 1.11.